The van der Waals surface area contributed by atoms with E-state index in [2.05, 4.69) is 15.9 Å². The monoisotopic (exact) mass is 391 g/mol. The Morgan fingerprint density at radius 3 is 2.43 bits per heavy atom. The van der Waals surface area contributed by atoms with Gasteiger partial charge in [0.15, 0.2) is 5.78 Å². The molecule has 0 aliphatic heterocycles. The smallest absolute Gasteiger partial charge is 0.268 e. The molecule has 1 aromatic heterocycles. The molecule has 0 bridgehead atoms. The first-order valence-electron chi connectivity index (χ1n) is 7.10. The van der Waals surface area contributed by atoms with Crippen LogP contribution in [0.4, 0.5) is 0 Å². The third-order valence-electron chi connectivity index (χ3n) is 3.61. The summed E-state index contributed by atoms with van der Waals surface area (Å²) in [6.45, 7) is 1.72. The first-order chi connectivity index (χ1) is 10.9. The topological polar surface area (TPSA) is 56.1 Å². The quantitative estimate of drug-likeness (QED) is 0.625. The van der Waals surface area contributed by atoms with Gasteiger partial charge in [-0.25, -0.2) is 12.4 Å². The third-order valence-corrected chi connectivity index (χ3v) is 5.84. The van der Waals surface area contributed by atoms with Gasteiger partial charge < -0.3 is 0 Å². The number of fused-ring (bicyclic) bond motifs is 1. The van der Waals surface area contributed by atoms with Crippen LogP contribution in [0.15, 0.2) is 64.0 Å². The first kappa shape index (κ1) is 16.0. The second-order valence-electron chi connectivity index (χ2n) is 5.09. The van der Waals surface area contributed by atoms with Crippen LogP contribution < -0.4 is 0 Å². The average molecular weight is 392 g/mol. The summed E-state index contributed by atoms with van der Waals surface area (Å²) >= 11 is 3.37. The van der Waals surface area contributed by atoms with Crippen LogP contribution >= 0.6 is 15.9 Å². The van der Waals surface area contributed by atoms with Gasteiger partial charge in [-0.1, -0.05) is 41.1 Å². The van der Waals surface area contributed by atoms with Gasteiger partial charge in [0.2, 0.25) is 0 Å². The molecule has 0 amide bonds. The lowest BCUT2D eigenvalue weighted by molar-refractivity contribution is 0.0982. The van der Waals surface area contributed by atoms with Crippen LogP contribution in [0.3, 0.4) is 0 Å². The molecule has 4 nitrogen and oxygen atoms in total. The van der Waals surface area contributed by atoms with Gasteiger partial charge in [-0.05, 0) is 36.4 Å². The third kappa shape index (κ3) is 2.72. The van der Waals surface area contributed by atoms with Gasteiger partial charge in [-0.15, -0.1) is 0 Å². The molecule has 0 fully saturated rings. The second kappa shape index (κ2) is 5.94. The summed E-state index contributed by atoms with van der Waals surface area (Å²) in [4.78, 5) is 12.4. The van der Waals surface area contributed by atoms with Gasteiger partial charge >= 0.3 is 0 Å². The maximum Gasteiger partial charge on any atom is 0.268 e. The Labute approximate surface area is 142 Å². The highest BCUT2D eigenvalue weighted by Crippen LogP contribution is 2.28. The zero-order valence-electron chi connectivity index (χ0n) is 12.4. The van der Waals surface area contributed by atoms with Crippen LogP contribution in [0, 0.1) is 0 Å². The molecule has 0 saturated carbocycles. The molecule has 23 heavy (non-hydrogen) atoms. The van der Waals surface area contributed by atoms with Gasteiger partial charge in [0.1, 0.15) is 5.69 Å². The normalized spacial score (nSPS) is 11.7. The van der Waals surface area contributed by atoms with Gasteiger partial charge in [0, 0.05) is 16.3 Å². The molecule has 118 valence electrons. The predicted molar refractivity (Wildman–Crippen MR) is 93.3 cm³/mol. The highest BCUT2D eigenvalue weighted by molar-refractivity contribution is 9.10. The van der Waals surface area contributed by atoms with E-state index in [0.717, 1.165) is 8.45 Å². The SMILES string of the molecule is CCC(=O)c1cc2cc(Br)ccc2n1S(=O)(=O)c1ccccc1. The number of carbonyl (C=O) groups excluding carboxylic acids is 1. The van der Waals surface area contributed by atoms with E-state index in [0.29, 0.717) is 10.9 Å². The number of benzene rings is 2. The van der Waals surface area contributed by atoms with Crippen LogP contribution in [-0.4, -0.2) is 18.2 Å². The van der Waals surface area contributed by atoms with E-state index in [9.17, 15) is 13.2 Å². The minimum absolute atomic E-state index is 0.158. The molecular formula is C17H14BrNO3S. The van der Waals surface area contributed by atoms with E-state index in [4.69, 9.17) is 0 Å². The zero-order valence-corrected chi connectivity index (χ0v) is 14.8. The van der Waals surface area contributed by atoms with Crippen LogP contribution in [0.2, 0.25) is 0 Å². The molecule has 0 atom stereocenters. The van der Waals surface area contributed by atoms with Gasteiger partial charge in [0.25, 0.3) is 10.0 Å². The fourth-order valence-electron chi connectivity index (χ4n) is 2.49. The Bertz CT molecular complexity index is 991. The van der Waals surface area contributed by atoms with Crippen molar-refractivity contribution in [3.63, 3.8) is 0 Å². The van der Waals surface area contributed by atoms with Crippen molar-refractivity contribution in [2.45, 2.75) is 18.2 Å². The molecule has 0 aliphatic carbocycles. The van der Waals surface area contributed by atoms with Gasteiger partial charge in [-0.3, -0.25) is 4.79 Å². The molecule has 0 spiro atoms. The Kier molecular flexibility index (Phi) is 4.12. The molecule has 1 heterocycles. The Balaban J connectivity index is 2.37. The lowest BCUT2D eigenvalue weighted by Gasteiger charge is -2.11. The summed E-state index contributed by atoms with van der Waals surface area (Å²) in [5.74, 6) is -0.211. The van der Waals surface area contributed by atoms with E-state index in [-0.39, 0.29) is 22.8 Å². The van der Waals surface area contributed by atoms with Crippen LogP contribution in [0.5, 0.6) is 0 Å². The van der Waals surface area contributed by atoms with Crippen molar-refractivity contribution in [2.24, 2.45) is 0 Å². The summed E-state index contributed by atoms with van der Waals surface area (Å²) in [5, 5.41) is 0.704. The Morgan fingerprint density at radius 1 is 1.09 bits per heavy atom. The average Bonchev–Trinajstić information content (AvgIpc) is 2.94. The van der Waals surface area contributed by atoms with Crippen molar-refractivity contribution in [1.82, 2.24) is 3.97 Å². The van der Waals surface area contributed by atoms with Gasteiger partial charge in [0.05, 0.1) is 10.4 Å². The van der Waals surface area contributed by atoms with E-state index >= 15 is 0 Å². The number of hydrogen-bond acceptors (Lipinski definition) is 3. The molecule has 0 saturated heterocycles. The first-order valence-corrected chi connectivity index (χ1v) is 9.33. The number of Topliss-reactive ketones (excluding diaryl/α,β-unsaturated/α-hetero) is 1. The highest BCUT2D eigenvalue weighted by Gasteiger charge is 2.25. The minimum atomic E-state index is -3.84. The van der Waals surface area contributed by atoms with E-state index in [1.54, 1.807) is 49.4 Å². The van der Waals surface area contributed by atoms with Crippen molar-refractivity contribution in [1.29, 1.82) is 0 Å². The van der Waals surface area contributed by atoms with E-state index in [1.165, 1.54) is 12.1 Å². The summed E-state index contributed by atoms with van der Waals surface area (Å²) in [6.07, 6.45) is 0.238. The molecule has 6 heteroatoms. The fraction of sp³-hybridized carbons (Fsp3) is 0.118. The Morgan fingerprint density at radius 2 is 1.78 bits per heavy atom. The van der Waals surface area contributed by atoms with E-state index in [1.807, 2.05) is 0 Å². The van der Waals surface area contributed by atoms with Crippen molar-refractivity contribution in [2.75, 3.05) is 0 Å². The molecule has 0 aliphatic rings. The number of rotatable bonds is 4. The highest BCUT2D eigenvalue weighted by atomic mass is 79.9. The maximum atomic E-state index is 13.0. The molecule has 3 aromatic rings. The summed E-state index contributed by atoms with van der Waals surface area (Å²) in [5.41, 5.74) is 0.679. The Hall–Kier alpha value is -1.92. The lowest BCUT2D eigenvalue weighted by Crippen LogP contribution is -2.18. The standard InChI is InChI=1S/C17H14BrNO3S/c1-2-17(20)16-11-12-10-13(18)8-9-15(12)19(16)23(21,22)14-6-4-3-5-7-14/h3-11H,2H2,1H3. The summed E-state index contributed by atoms with van der Waals surface area (Å²) in [7, 11) is -3.84. The van der Waals surface area contributed by atoms with E-state index < -0.39 is 10.0 Å². The largest absolute Gasteiger partial charge is 0.293 e. The zero-order chi connectivity index (χ0) is 16.6. The summed E-state index contributed by atoms with van der Waals surface area (Å²) in [6, 6.07) is 15.0. The van der Waals surface area contributed by atoms with Crippen LogP contribution in [-0.2, 0) is 10.0 Å². The molecule has 0 unspecified atom stereocenters. The maximum absolute atomic E-state index is 13.0. The number of carbonyl (C=O) groups is 1. The molecule has 0 radical (unpaired) electrons. The number of aromatic nitrogens is 1. The number of halogens is 1. The van der Waals surface area contributed by atoms with Crippen molar-refractivity contribution in [3.05, 3.63) is 64.8 Å². The molecule has 2 aromatic carbocycles. The van der Waals surface area contributed by atoms with Crippen molar-refractivity contribution in [3.8, 4) is 0 Å². The number of hydrogen-bond donors (Lipinski definition) is 0. The van der Waals surface area contributed by atoms with Gasteiger partial charge in [-0.2, -0.15) is 0 Å². The van der Waals surface area contributed by atoms with Crippen LogP contribution in [0.25, 0.3) is 10.9 Å². The van der Waals surface area contributed by atoms with Crippen molar-refractivity contribution < 1.29 is 13.2 Å². The predicted octanol–water partition coefficient (Wildman–Crippen LogP) is 4.23. The molecule has 3 rings (SSSR count). The molecule has 0 N–H and O–H groups in total. The second-order valence-corrected chi connectivity index (χ2v) is 7.79. The van der Waals surface area contributed by atoms with Crippen LogP contribution in [0.1, 0.15) is 23.8 Å². The fourth-order valence-corrected chi connectivity index (χ4v) is 4.42. The van der Waals surface area contributed by atoms with Crippen molar-refractivity contribution >= 4 is 42.6 Å². The number of nitrogens with zero attached hydrogens (tertiary/aromatic N) is 1. The summed E-state index contributed by atoms with van der Waals surface area (Å²) < 4.78 is 28.0. The lowest BCUT2D eigenvalue weighted by atomic mass is 10.2. The molecular weight excluding hydrogens is 378 g/mol. The minimum Gasteiger partial charge on any atom is -0.293 e. The number of ketones is 1.